The Balaban J connectivity index is 2.28. The molecule has 104 valence electrons. The molecule has 0 saturated carbocycles. The first-order chi connectivity index (χ1) is 9.13. The Hall–Kier alpha value is -1.37. The number of rotatable bonds is 4. The van der Waals surface area contributed by atoms with Crippen LogP contribution in [0.1, 0.15) is 0 Å². The van der Waals surface area contributed by atoms with E-state index in [0.29, 0.717) is 37.0 Å². The van der Waals surface area contributed by atoms with Gasteiger partial charge in [-0.3, -0.25) is 10.1 Å². The van der Waals surface area contributed by atoms with E-state index in [9.17, 15) is 10.1 Å². The largest absolute Gasteiger partial charge is 0.373 e. The summed E-state index contributed by atoms with van der Waals surface area (Å²) in [7, 11) is 1.85. The summed E-state index contributed by atoms with van der Waals surface area (Å²) in [5.41, 5.74) is 0.524. The van der Waals surface area contributed by atoms with E-state index >= 15 is 0 Å². The molecule has 2 rings (SSSR count). The van der Waals surface area contributed by atoms with E-state index in [1.165, 1.54) is 6.07 Å². The minimum Gasteiger partial charge on any atom is -0.373 e. The molecule has 1 N–H and O–H groups in total. The standard InChI is InChI=1S/C12H16ClN3O3/c1-14-7-9-8-15(5-6-19-9)12-10(13)3-2-4-11(12)16(17)18/h2-4,9,14H,5-8H2,1H3. The Kier molecular flexibility index (Phi) is 4.57. The normalized spacial score (nSPS) is 19.5. The topological polar surface area (TPSA) is 67.6 Å². The molecule has 6 nitrogen and oxygen atoms in total. The molecule has 1 unspecified atom stereocenters. The molecular formula is C12H16ClN3O3. The number of likely N-dealkylation sites (N-methyl/N-ethyl adjacent to an activating group) is 1. The first-order valence-electron chi connectivity index (χ1n) is 6.07. The number of nitro groups is 1. The molecule has 0 amide bonds. The minimum absolute atomic E-state index is 0.00891. The van der Waals surface area contributed by atoms with E-state index in [0.717, 1.165) is 0 Å². The van der Waals surface area contributed by atoms with Crippen molar-refractivity contribution in [3.05, 3.63) is 33.3 Å². The lowest BCUT2D eigenvalue weighted by Crippen LogP contribution is -2.46. The van der Waals surface area contributed by atoms with Crippen LogP contribution in [0.5, 0.6) is 0 Å². The summed E-state index contributed by atoms with van der Waals surface area (Å²) >= 11 is 6.13. The van der Waals surface area contributed by atoms with Crippen molar-refractivity contribution in [3.63, 3.8) is 0 Å². The average molecular weight is 286 g/mol. The summed E-state index contributed by atoms with van der Waals surface area (Å²) in [6.07, 6.45) is 0.00891. The van der Waals surface area contributed by atoms with Gasteiger partial charge in [0.1, 0.15) is 5.69 Å². The number of nitro benzene ring substituents is 1. The molecule has 1 aliphatic rings. The zero-order valence-electron chi connectivity index (χ0n) is 10.6. The van der Waals surface area contributed by atoms with Crippen molar-refractivity contribution in [2.45, 2.75) is 6.10 Å². The number of hydrogen-bond acceptors (Lipinski definition) is 5. The van der Waals surface area contributed by atoms with Crippen LogP contribution in [-0.4, -0.2) is 44.3 Å². The first-order valence-corrected chi connectivity index (χ1v) is 6.45. The van der Waals surface area contributed by atoms with Gasteiger partial charge in [-0.05, 0) is 13.1 Å². The fourth-order valence-corrected chi connectivity index (χ4v) is 2.53. The quantitative estimate of drug-likeness (QED) is 0.673. The molecule has 1 aliphatic heterocycles. The van der Waals surface area contributed by atoms with Crippen LogP contribution in [-0.2, 0) is 4.74 Å². The number of ether oxygens (including phenoxy) is 1. The lowest BCUT2D eigenvalue weighted by molar-refractivity contribution is -0.384. The Morgan fingerprint density at radius 3 is 3.11 bits per heavy atom. The van der Waals surface area contributed by atoms with Gasteiger partial charge in [0.15, 0.2) is 0 Å². The number of nitrogens with one attached hydrogen (secondary N) is 1. The number of benzene rings is 1. The Labute approximate surface area is 116 Å². The van der Waals surface area contributed by atoms with Crippen molar-refractivity contribution >= 4 is 23.0 Å². The molecule has 0 radical (unpaired) electrons. The van der Waals surface area contributed by atoms with Gasteiger partial charge in [0.05, 0.1) is 22.7 Å². The van der Waals surface area contributed by atoms with E-state index in [2.05, 4.69) is 5.32 Å². The third kappa shape index (κ3) is 3.15. The molecule has 1 fully saturated rings. The van der Waals surface area contributed by atoms with Crippen LogP contribution < -0.4 is 10.2 Å². The average Bonchev–Trinajstić information content (AvgIpc) is 2.39. The maximum absolute atomic E-state index is 11.1. The molecule has 19 heavy (non-hydrogen) atoms. The van der Waals surface area contributed by atoms with E-state index in [1.54, 1.807) is 12.1 Å². The number of para-hydroxylation sites is 1. The van der Waals surface area contributed by atoms with E-state index in [-0.39, 0.29) is 11.8 Å². The van der Waals surface area contributed by atoms with Crippen LogP contribution in [0, 0.1) is 10.1 Å². The second-order valence-corrected chi connectivity index (χ2v) is 4.77. The van der Waals surface area contributed by atoms with E-state index < -0.39 is 4.92 Å². The van der Waals surface area contributed by atoms with Crippen molar-refractivity contribution in [2.75, 3.05) is 38.2 Å². The summed E-state index contributed by atoms with van der Waals surface area (Å²) in [6.45, 7) is 2.43. The lowest BCUT2D eigenvalue weighted by atomic mass is 10.2. The molecule has 1 aromatic rings. The van der Waals surface area contributed by atoms with Crippen LogP contribution in [0.3, 0.4) is 0 Å². The maximum Gasteiger partial charge on any atom is 0.294 e. The summed E-state index contributed by atoms with van der Waals surface area (Å²) < 4.78 is 5.59. The van der Waals surface area contributed by atoms with Gasteiger partial charge < -0.3 is 15.0 Å². The van der Waals surface area contributed by atoms with Gasteiger partial charge in [-0.25, -0.2) is 0 Å². The van der Waals surface area contributed by atoms with Gasteiger partial charge in [0.25, 0.3) is 5.69 Å². The molecule has 1 aromatic carbocycles. The Morgan fingerprint density at radius 2 is 2.42 bits per heavy atom. The van der Waals surface area contributed by atoms with Crippen LogP contribution in [0.2, 0.25) is 5.02 Å². The second-order valence-electron chi connectivity index (χ2n) is 4.36. The van der Waals surface area contributed by atoms with Crippen LogP contribution in [0.25, 0.3) is 0 Å². The van der Waals surface area contributed by atoms with Crippen molar-refractivity contribution in [2.24, 2.45) is 0 Å². The third-order valence-electron chi connectivity index (χ3n) is 3.05. The number of anilines is 1. The van der Waals surface area contributed by atoms with Crippen LogP contribution in [0.15, 0.2) is 18.2 Å². The Bertz CT molecular complexity index is 468. The molecule has 1 heterocycles. The molecule has 0 aliphatic carbocycles. The molecule has 1 saturated heterocycles. The predicted octanol–water partition coefficient (Wildman–Crippen LogP) is 1.67. The molecule has 1 atom stereocenters. The van der Waals surface area contributed by atoms with Gasteiger partial charge in [-0.1, -0.05) is 17.7 Å². The number of halogens is 1. The highest BCUT2D eigenvalue weighted by molar-refractivity contribution is 6.33. The maximum atomic E-state index is 11.1. The highest BCUT2D eigenvalue weighted by Gasteiger charge is 2.27. The first kappa shape index (κ1) is 14.0. The Morgan fingerprint density at radius 1 is 1.63 bits per heavy atom. The highest BCUT2D eigenvalue weighted by Crippen LogP contribution is 2.36. The van der Waals surface area contributed by atoms with Gasteiger partial charge in [0.2, 0.25) is 0 Å². The lowest BCUT2D eigenvalue weighted by Gasteiger charge is -2.34. The van der Waals surface area contributed by atoms with Gasteiger partial charge in [-0.15, -0.1) is 0 Å². The molecular weight excluding hydrogens is 270 g/mol. The van der Waals surface area contributed by atoms with Crippen molar-refractivity contribution < 1.29 is 9.66 Å². The number of morpholine rings is 1. The van der Waals surface area contributed by atoms with Crippen molar-refractivity contribution in [1.29, 1.82) is 0 Å². The molecule has 0 aromatic heterocycles. The van der Waals surface area contributed by atoms with Crippen LogP contribution >= 0.6 is 11.6 Å². The van der Waals surface area contributed by atoms with Crippen molar-refractivity contribution in [3.8, 4) is 0 Å². The third-order valence-corrected chi connectivity index (χ3v) is 3.35. The predicted molar refractivity (Wildman–Crippen MR) is 74.0 cm³/mol. The summed E-state index contributed by atoms with van der Waals surface area (Å²) in [5, 5.41) is 14.5. The smallest absolute Gasteiger partial charge is 0.294 e. The molecule has 7 heteroatoms. The molecule has 0 bridgehead atoms. The fourth-order valence-electron chi connectivity index (χ4n) is 2.24. The summed E-state index contributed by atoms with van der Waals surface area (Å²) in [5.74, 6) is 0. The van der Waals surface area contributed by atoms with Gasteiger partial charge in [-0.2, -0.15) is 0 Å². The zero-order chi connectivity index (χ0) is 13.8. The second kappa shape index (κ2) is 6.18. The SMILES string of the molecule is CNCC1CN(c2c(Cl)cccc2[N+](=O)[O-])CCO1. The zero-order valence-corrected chi connectivity index (χ0v) is 11.4. The fraction of sp³-hybridized carbons (Fsp3) is 0.500. The molecule has 0 spiro atoms. The van der Waals surface area contributed by atoms with E-state index in [1.807, 2.05) is 11.9 Å². The summed E-state index contributed by atoms with van der Waals surface area (Å²) in [4.78, 5) is 12.6. The van der Waals surface area contributed by atoms with E-state index in [4.69, 9.17) is 16.3 Å². The van der Waals surface area contributed by atoms with Gasteiger partial charge in [0, 0.05) is 25.7 Å². The summed E-state index contributed by atoms with van der Waals surface area (Å²) in [6, 6.07) is 4.74. The van der Waals surface area contributed by atoms with Crippen LogP contribution in [0.4, 0.5) is 11.4 Å². The van der Waals surface area contributed by atoms with Crippen molar-refractivity contribution in [1.82, 2.24) is 5.32 Å². The monoisotopic (exact) mass is 285 g/mol. The minimum atomic E-state index is -0.399. The number of nitrogens with zero attached hydrogens (tertiary/aromatic N) is 2. The highest BCUT2D eigenvalue weighted by atomic mass is 35.5. The van der Waals surface area contributed by atoms with Gasteiger partial charge >= 0.3 is 0 Å². The number of hydrogen-bond donors (Lipinski definition) is 1.